The van der Waals surface area contributed by atoms with Gasteiger partial charge in [0, 0.05) is 19.3 Å². The van der Waals surface area contributed by atoms with Gasteiger partial charge in [-0.1, -0.05) is 24.3 Å². The fourth-order valence-electron chi connectivity index (χ4n) is 2.21. The zero-order valence-electron chi connectivity index (χ0n) is 14.3. The Labute approximate surface area is 139 Å². The summed E-state index contributed by atoms with van der Waals surface area (Å²) in [5.74, 6) is 0. The van der Waals surface area contributed by atoms with Gasteiger partial charge in [-0.15, -0.1) is 0 Å². The Hall–Kier alpha value is -1.21. The predicted molar refractivity (Wildman–Crippen MR) is 92.6 cm³/mol. The van der Waals surface area contributed by atoms with E-state index in [2.05, 4.69) is 4.72 Å². The molecule has 6 heteroatoms. The highest BCUT2D eigenvalue weighted by Gasteiger charge is 2.25. The fraction of sp³-hybridized carbons (Fsp3) is 0.529. The lowest BCUT2D eigenvalue weighted by Crippen LogP contribution is -2.43. The molecule has 0 spiro atoms. The summed E-state index contributed by atoms with van der Waals surface area (Å²) in [6.45, 7) is 6.43. The molecule has 1 aromatic rings. The van der Waals surface area contributed by atoms with E-state index in [1.807, 2.05) is 39.0 Å². The molecule has 0 aromatic heterocycles. The van der Waals surface area contributed by atoms with Gasteiger partial charge >= 0.3 is 0 Å². The number of ether oxygens (including phenoxy) is 2. The summed E-state index contributed by atoms with van der Waals surface area (Å²) in [7, 11) is -1.99. The number of allylic oxidation sites excluding steroid dienone is 1. The van der Waals surface area contributed by atoms with Gasteiger partial charge in [0.05, 0.1) is 4.90 Å². The highest BCUT2D eigenvalue weighted by molar-refractivity contribution is 7.89. The van der Waals surface area contributed by atoms with E-state index in [0.29, 0.717) is 13.0 Å². The van der Waals surface area contributed by atoms with Crippen molar-refractivity contribution in [3.05, 3.63) is 35.9 Å². The van der Waals surface area contributed by atoms with E-state index in [4.69, 9.17) is 9.47 Å². The van der Waals surface area contributed by atoms with Crippen LogP contribution in [0.3, 0.4) is 0 Å². The Balaban J connectivity index is 2.70. The molecule has 0 aliphatic rings. The summed E-state index contributed by atoms with van der Waals surface area (Å²) in [4.78, 5) is 0.275. The maximum absolute atomic E-state index is 12.6. The van der Waals surface area contributed by atoms with E-state index in [1.54, 1.807) is 25.3 Å². The van der Waals surface area contributed by atoms with Crippen LogP contribution in [0.5, 0.6) is 0 Å². The minimum Gasteiger partial charge on any atom is -0.359 e. The molecule has 0 amide bonds. The lowest BCUT2D eigenvalue weighted by molar-refractivity contribution is -0.0324. The topological polar surface area (TPSA) is 64.6 Å². The number of hydrogen-bond donors (Lipinski definition) is 1. The SMILES string of the molecule is CC=Cc1cccc(S(=O)(=O)NC(C)(C)CCCOCOC)c1. The van der Waals surface area contributed by atoms with Crippen molar-refractivity contribution in [2.75, 3.05) is 20.5 Å². The monoisotopic (exact) mass is 341 g/mol. The normalized spacial score (nSPS) is 12.9. The third kappa shape index (κ3) is 7.26. The number of benzene rings is 1. The quantitative estimate of drug-likeness (QED) is 0.524. The maximum Gasteiger partial charge on any atom is 0.241 e. The highest BCUT2D eigenvalue weighted by atomic mass is 32.2. The highest BCUT2D eigenvalue weighted by Crippen LogP contribution is 2.18. The molecule has 1 rings (SSSR count). The molecule has 1 aromatic carbocycles. The molecule has 0 aliphatic carbocycles. The van der Waals surface area contributed by atoms with Crippen molar-refractivity contribution in [1.29, 1.82) is 0 Å². The van der Waals surface area contributed by atoms with Crippen LogP contribution in [0.4, 0.5) is 0 Å². The number of methoxy groups -OCH3 is 1. The molecule has 130 valence electrons. The van der Waals surface area contributed by atoms with Crippen molar-refractivity contribution < 1.29 is 17.9 Å². The van der Waals surface area contributed by atoms with Gasteiger partial charge in [0.1, 0.15) is 6.79 Å². The van der Waals surface area contributed by atoms with Crippen molar-refractivity contribution in [1.82, 2.24) is 4.72 Å². The summed E-state index contributed by atoms with van der Waals surface area (Å²) >= 11 is 0. The summed E-state index contributed by atoms with van der Waals surface area (Å²) in [5.41, 5.74) is 0.312. The summed E-state index contributed by atoms with van der Waals surface area (Å²) in [5, 5.41) is 0. The van der Waals surface area contributed by atoms with Crippen LogP contribution in [0.1, 0.15) is 39.2 Å². The van der Waals surface area contributed by atoms with Crippen molar-refractivity contribution >= 4 is 16.1 Å². The third-order valence-corrected chi connectivity index (χ3v) is 4.93. The van der Waals surface area contributed by atoms with E-state index >= 15 is 0 Å². The van der Waals surface area contributed by atoms with Crippen LogP contribution >= 0.6 is 0 Å². The number of rotatable bonds is 10. The molecule has 0 aliphatic heterocycles. The first-order chi connectivity index (χ1) is 10.8. The molecule has 0 saturated carbocycles. The smallest absolute Gasteiger partial charge is 0.241 e. The van der Waals surface area contributed by atoms with Gasteiger partial charge in [-0.25, -0.2) is 13.1 Å². The number of hydrogen-bond acceptors (Lipinski definition) is 4. The van der Waals surface area contributed by atoms with E-state index < -0.39 is 15.6 Å². The molecule has 23 heavy (non-hydrogen) atoms. The van der Waals surface area contributed by atoms with E-state index in [-0.39, 0.29) is 11.7 Å². The first-order valence-electron chi connectivity index (χ1n) is 7.64. The Bertz CT molecular complexity index is 609. The van der Waals surface area contributed by atoms with Gasteiger partial charge in [-0.2, -0.15) is 0 Å². The first kappa shape index (κ1) is 19.8. The van der Waals surface area contributed by atoms with Gasteiger partial charge in [0.25, 0.3) is 0 Å². The predicted octanol–water partition coefficient (Wildman–Crippen LogP) is 3.18. The van der Waals surface area contributed by atoms with Crippen LogP contribution in [0.15, 0.2) is 35.2 Å². The van der Waals surface area contributed by atoms with Crippen LogP contribution in [0, 0.1) is 0 Å². The number of nitrogens with one attached hydrogen (secondary N) is 1. The summed E-state index contributed by atoms with van der Waals surface area (Å²) in [6, 6.07) is 6.89. The summed E-state index contributed by atoms with van der Waals surface area (Å²) in [6.07, 6.45) is 5.17. The van der Waals surface area contributed by atoms with Gasteiger partial charge < -0.3 is 9.47 Å². The molecule has 0 heterocycles. The molecule has 0 bridgehead atoms. The van der Waals surface area contributed by atoms with Crippen molar-refractivity contribution in [3.63, 3.8) is 0 Å². The molecule has 0 radical (unpaired) electrons. The Morgan fingerprint density at radius 3 is 2.70 bits per heavy atom. The van der Waals surface area contributed by atoms with Gasteiger partial charge in [-0.3, -0.25) is 0 Å². The Kier molecular flexibility index (Phi) is 7.91. The molecular weight excluding hydrogens is 314 g/mol. The van der Waals surface area contributed by atoms with Crippen LogP contribution in [-0.2, 0) is 19.5 Å². The molecule has 0 atom stereocenters. The van der Waals surface area contributed by atoms with Crippen LogP contribution in [-0.4, -0.2) is 34.5 Å². The Morgan fingerprint density at radius 1 is 1.30 bits per heavy atom. The lowest BCUT2D eigenvalue weighted by Gasteiger charge is -2.26. The fourth-order valence-corrected chi connectivity index (χ4v) is 3.71. The molecule has 1 N–H and O–H groups in total. The lowest BCUT2D eigenvalue weighted by atomic mass is 10.0. The second kappa shape index (κ2) is 9.17. The standard InChI is InChI=1S/C17H27NO4S/c1-5-8-15-9-6-10-16(13-15)23(19,20)18-17(2,3)11-7-12-22-14-21-4/h5-6,8-10,13,18H,7,11-12,14H2,1-4H3. The molecule has 0 fully saturated rings. The van der Waals surface area contributed by atoms with E-state index in [9.17, 15) is 8.42 Å². The average molecular weight is 341 g/mol. The van der Waals surface area contributed by atoms with Gasteiger partial charge in [0.2, 0.25) is 10.0 Å². The van der Waals surface area contributed by atoms with Crippen molar-refractivity contribution in [2.45, 2.75) is 44.0 Å². The molecule has 0 unspecified atom stereocenters. The van der Waals surface area contributed by atoms with Crippen LogP contribution in [0.25, 0.3) is 6.08 Å². The zero-order chi connectivity index (χ0) is 17.3. The number of sulfonamides is 1. The minimum atomic E-state index is -3.56. The molecule has 5 nitrogen and oxygen atoms in total. The molecular formula is C17H27NO4S. The van der Waals surface area contributed by atoms with E-state index in [1.165, 1.54) is 0 Å². The molecule has 0 saturated heterocycles. The van der Waals surface area contributed by atoms with Gasteiger partial charge in [0.15, 0.2) is 0 Å². The van der Waals surface area contributed by atoms with Crippen molar-refractivity contribution in [3.8, 4) is 0 Å². The maximum atomic E-state index is 12.6. The largest absolute Gasteiger partial charge is 0.359 e. The summed E-state index contributed by atoms with van der Waals surface area (Å²) < 4.78 is 37.9. The second-order valence-electron chi connectivity index (χ2n) is 5.98. The van der Waals surface area contributed by atoms with Gasteiger partial charge in [-0.05, 0) is 51.3 Å². The second-order valence-corrected chi connectivity index (χ2v) is 7.66. The minimum absolute atomic E-state index is 0.254. The third-order valence-electron chi connectivity index (χ3n) is 3.23. The Morgan fingerprint density at radius 2 is 2.04 bits per heavy atom. The first-order valence-corrected chi connectivity index (χ1v) is 9.12. The van der Waals surface area contributed by atoms with E-state index in [0.717, 1.165) is 12.0 Å². The average Bonchev–Trinajstić information content (AvgIpc) is 2.46. The zero-order valence-corrected chi connectivity index (χ0v) is 15.2. The van der Waals surface area contributed by atoms with Crippen LogP contribution < -0.4 is 4.72 Å². The van der Waals surface area contributed by atoms with Crippen LogP contribution in [0.2, 0.25) is 0 Å². The van der Waals surface area contributed by atoms with Crippen molar-refractivity contribution in [2.24, 2.45) is 0 Å².